The van der Waals surface area contributed by atoms with Crippen molar-refractivity contribution in [2.45, 2.75) is 19.9 Å². The third-order valence-electron chi connectivity index (χ3n) is 2.93. The Morgan fingerprint density at radius 2 is 1.95 bits per heavy atom. The van der Waals surface area contributed by atoms with Gasteiger partial charge in [-0.15, -0.1) is 0 Å². The molecule has 1 atom stereocenters. The molecule has 20 heavy (non-hydrogen) atoms. The highest BCUT2D eigenvalue weighted by atomic mass is 19.1. The van der Waals surface area contributed by atoms with Crippen molar-refractivity contribution in [3.8, 4) is 0 Å². The number of aromatic nitrogens is 1. The number of anilines is 1. The summed E-state index contributed by atoms with van der Waals surface area (Å²) < 4.78 is 13.6. The summed E-state index contributed by atoms with van der Waals surface area (Å²) in [4.78, 5) is 15.7. The average Bonchev–Trinajstić information content (AvgIpc) is 2.43. The molecule has 0 aliphatic carbocycles. The van der Waals surface area contributed by atoms with Gasteiger partial charge in [0.25, 0.3) is 0 Å². The van der Waals surface area contributed by atoms with Crippen molar-refractivity contribution in [1.29, 1.82) is 0 Å². The Kier molecular flexibility index (Phi) is 4.30. The maximum atomic E-state index is 13.6. The van der Waals surface area contributed by atoms with E-state index in [1.807, 2.05) is 19.1 Å². The van der Waals surface area contributed by atoms with E-state index in [0.717, 1.165) is 11.1 Å². The topological polar surface area (TPSA) is 54.0 Å². The molecule has 0 saturated carbocycles. The van der Waals surface area contributed by atoms with Crippen molar-refractivity contribution >= 4 is 11.7 Å². The quantitative estimate of drug-likeness (QED) is 0.900. The Morgan fingerprint density at radius 3 is 2.60 bits per heavy atom. The smallest absolute Gasteiger partial charge is 0.319 e. The summed E-state index contributed by atoms with van der Waals surface area (Å²) in [7, 11) is 0. The van der Waals surface area contributed by atoms with Gasteiger partial charge in [0.2, 0.25) is 0 Å². The van der Waals surface area contributed by atoms with Crippen LogP contribution in [0.3, 0.4) is 0 Å². The molecule has 0 radical (unpaired) electrons. The molecule has 2 N–H and O–H groups in total. The second-order valence-electron chi connectivity index (χ2n) is 4.58. The third-order valence-corrected chi connectivity index (χ3v) is 2.93. The Balaban J connectivity index is 1.99. The van der Waals surface area contributed by atoms with Crippen molar-refractivity contribution in [3.05, 3.63) is 59.7 Å². The number of nitrogens with one attached hydrogen (secondary N) is 2. The molecule has 1 unspecified atom stereocenters. The second-order valence-corrected chi connectivity index (χ2v) is 4.58. The van der Waals surface area contributed by atoms with Gasteiger partial charge in [0.05, 0.1) is 11.7 Å². The average molecular weight is 273 g/mol. The minimum absolute atomic E-state index is 0.162. The molecule has 0 fully saturated rings. The van der Waals surface area contributed by atoms with Gasteiger partial charge in [0, 0.05) is 12.4 Å². The van der Waals surface area contributed by atoms with Gasteiger partial charge >= 0.3 is 6.03 Å². The molecule has 0 aliphatic rings. The van der Waals surface area contributed by atoms with Crippen LogP contribution in [0.2, 0.25) is 0 Å². The maximum absolute atomic E-state index is 13.6. The molecule has 2 aromatic rings. The fourth-order valence-electron chi connectivity index (χ4n) is 1.81. The molecule has 0 spiro atoms. The first-order chi connectivity index (χ1) is 9.56. The number of benzene rings is 1. The summed E-state index contributed by atoms with van der Waals surface area (Å²) in [5.41, 5.74) is 1.90. The van der Waals surface area contributed by atoms with E-state index in [4.69, 9.17) is 0 Å². The zero-order chi connectivity index (χ0) is 14.5. The zero-order valence-corrected chi connectivity index (χ0v) is 11.4. The van der Waals surface area contributed by atoms with Crippen LogP contribution in [0, 0.1) is 12.7 Å². The van der Waals surface area contributed by atoms with Gasteiger partial charge in [-0.1, -0.05) is 6.07 Å². The summed E-state index contributed by atoms with van der Waals surface area (Å²) in [5.74, 6) is -0.447. The van der Waals surface area contributed by atoms with Crippen LogP contribution in [0.4, 0.5) is 14.9 Å². The zero-order valence-electron chi connectivity index (χ0n) is 11.4. The highest BCUT2D eigenvalue weighted by Crippen LogP contribution is 2.16. The largest absolute Gasteiger partial charge is 0.331 e. The lowest BCUT2D eigenvalue weighted by Crippen LogP contribution is -2.31. The second kappa shape index (κ2) is 6.14. The normalized spacial score (nSPS) is 11.8. The Hall–Kier alpha value is -2.43. The molecule has 0 saturated heterocycles. The van der Waals surface area contributed by atoms with E-state index in [0.29, 0.717) is 0 Å². The number of hydrogen-bond donors (Lipinski definition) is 2. The number of carbonyl (C=O) groups excluding carboxylic acids is 1. The van der Waals surface area contributed by atoms with Gasteiger partial charge < -0.3 is 10.6 Å². The number of halogens is 1. The van der Waals surface area contributed by atoms with Crippen molar-refractivity contribution < 1.29 is 9.18 Å². The summed E-state index contributed by atoms with van der Waals surface area (Å²) in [5, 5.41) is 5.24. The van der Waals surface area contributed by atoms with Gasteiger partial charge in [0.1, 0.15) is 5.82 Å². The fourth-order valence-corrected chi connectivity index (χ4v) is 1.81. The van der Waals surface area contributed by atoms with E-state index in [1.54, 1.807) is 31.5 Å². The van der Waals surface area contributed by atoms with Crippen LogP contribution in [0.25, 0.3) is 0 Å². The number of aryl methyl sites for hydroxylation is 1. The number of nitrogens with zero attached hydrogens (tertiary/aromatic N) is 1. The van der Waals surface area contributed by atoms with Gasteiger partial charge in [0.15, 0.2) is 0 Å². The van der Waals surface area contributed by atoms with Crippen molar-refractivity contribution in [1.82, 2.24) is 10.3 Å². The lowest BCUT2D eigenvalue weighted by molar-refractivity contribution is 0.249. The van der Waals surface area contributed by atoms with Crippen LogP contribution in [0.5, 0.6) is 0 Å². The van der Waals surface area contributed by atoms with Crippen LogP contribution in [-0.4, -0.2) is 11.0 Å². The third kappa shape index (κ3) is 3.54. The molecule has 4 nitrogen and oxygen atoms in total. The summed E-state index contributed by atoms with van der Waals surface area (Å²) in [6.45, 7) is 3.64. The molecule has 1 aromatic carbocycles. The van der Waals surface area contributed by atoms with Gasteiger partial charge in [-0.25, -0.2) is 9.18 Å². The molecule has 5 heteroatoms. The Morgan fingerprint density at radius 1 is 1.25 bits per heavy atom. The van der Waals surface area contributed by atoms with E-state index < -0.39 is 11.8 Å². The Bertz CT molecular complexity index is 601. The first kappa shape index (κ1) is 14.0. The number of urea groups is 1. The van der Waals surface area contributed by atoms with E-state index in [2.05, 4.69) is 15.6 Å². The van der Waals surface area contributed by atoms with Crippen LogP contribution >= 0.6 is 0 Å². The highest BCUT2D eigenvalue weighted by Gasteiger charge is 2.11. The first-order valence-electron chi connectivity index (χ1n) is 6.30. The molecule has 1 aromatic heterocycles. The lowest BCUT2D eigenvalue weighted by Gasteiger charge is -2.15. The monoisotopic (exact) mass is 273 g/mol. The lowest BCUT2D eigenvalue weighted by atomic mass is 10.1. The number of pyridine rings is 1. The molecule has 0 aliphatic heterocycles. The molecule has 2 amide bonds. The van der Waals surface area contributed by atoms with Crippen LogP contribution < -0.4 is 10.6 Å². The Labute approximate surface area is 117 Å². The molecule has 1 heterocycles. The van der Waals surface area contributed by atoms with Crippen LogP contribution in [0.1, 0.15) is 24.1 Å². The van der Waals surface area contributed by atoms with Gasteiger partial charge in [-0.3, -0.25) is 4.98 Å². The SMILES string of the molecule is Cc1ccc(NC(=O)NC(C)c2ccncc2)c(F)c1. The predicted molar refractivity (Wildman–Crippen MR) is 75.9 cm³/mol. The van der Waals surface area contributed by atoms with Crippen LogP contribution in [0.15, 0.2) is 42.7 Å². The summed E-state index contributed by atoms with van der Waals surface area (Å²) >= 11 is 0. The molecule has 104 valence electrons. The molecule has 2 rings (SSSR count). The van der Waals surface area contributed by atoms with E-state index in [1.165, 1.54) is 6.07 Å². The van der Waals surface area contributed by atoms with E-state index >= 15 is 0 Å². The first-order valence-corrected chi connectivity index (χ1v) is 6.30. The number of carbonyl (C=O) groups is 1. The number of hydrogen-bond acceptors (Lipinski definition) is 2. The predicted octanol–water partition coefficient (Wildman–Crippen LogP) is 3.41. The minimum atomic E-state index is -0.447. The fraction of sp³-hybridized carbons (Fsp3) is 0.200. The van der Waals surface area contributed by atoms with Gasteiger partial charge in [-0.2, -0.15) is 0 Å². The summed E-state index contributed by atoms with van der Waals surface area (Å²) in [6.07, 6.45) is 3.32. The molecular weight excluding hydrogens is 257 g/mol. The van der Waals surface area contributed by atoms with Crippen molar-refractivity contribution in [2.75, 3.05) is 5.32 Å². The van der Waals surface area contributed by atoms with Crippen LogP contribution in [-0.2, 0) is 0 Å². The highest BCUT2D eigenvalue weighted by molar-refractivity contribution is 5.89. The number of amides is 2. The van der Waals surface area contributed by atoms with Crippen molar-refractivity contribution in [3.63, 3.8) is 0 Å². The van der Waals surface area contributed by atoms with Crippen molar-refractivity contribution in [2.24, 2.45) is 0 Å². The van der Waals surface area contributed by atoms with E-state index in [9.17, 15) is 9.18 Å². The minimum Gasteiger partial charge on any atom is -0.331 e. The molecular formula is C15H16FN3O. The number of rotatable bonds is 3. The standard InChI is InChI=1S/C15H16FN3O/c1-10-3-4-14(13(16)9-10)19-15(20)18-11(2)12-5-7-17-8-6-12/h3-9,11H,1-2H3,(H2,18,19,20). The summed E-state index contributed by atoms with van der Waals surface area (Å²) in [6, 6.07) is 7.66. The maximum Gasteiger partial charge on any atom is 0.319 e. The van der Waals surface area contributed by atoms with E-state index in [-0.39, 0.29) is 11.7 Å². The van der Waals surface area contributed by atoms with Gasteiger partial charge in [-0.05, 0) is 49.2 Å². The molecule has 0 bridgehead atoms.